The summed E-state index contributed by atoms with van der Waals surface area (Å²) in [4.78, 5) is 0. The second-order valence-corrected chi connectivity index (χ2v) is 3.67. The summed E-state index contributed by atoms with van der Waals surface area (Å²) in [6.07, 6.45) is -0.545. The van der Waals surface area contributed by atoms with Gasteiger partial charge in [-0.25, -0.2) is 0 Å². The van der Waals surface area contributed by atoms with Crippen LogP contribution < -0.4 is 0 Å². The van der Waals surface area contributed by atoms with Gasteiger partial charge in [-0.15, -0.1) is 0 Å². The van der Waals surface area contributed by atoms with E-state index in [1.54, 1.807) is 0 Å². The van der Waals surface area contributed by atoms with Gasteiger partial charge in [0.1, 0.15) is 25.8 Å². The highest BCUT2D eigenvalue weighted by Gasteiger charge is 2.50. The molecule has 2 heterocycles. The molecule has 0 radical (unpaired) electrons. The molecule has 0 aliphatic carbocycles. The van der Waals surface area contributed by atoms with E-state index >= 15 is 0 Å². The van der Waals surface area contributed by atoms with Crippen molar-refractivity contribution in [2.24, 2.45) is 0 Å². The van der Waals surface area contributed by atoms with Crippen molar-refractivity contribution in [1.82, 2.24) is 0 Å². The lowest BCUT2D eigenvalue weighted by Gasteiger charge is -2.21. The number of hydrogen-bond acceptors (Lipinski definition) is 7. The van der Waals surface area contributed by atoms with E-state index in [0.717, 1.165) is 0 Å². The molecule has 2 rings (SSSR count). The van der Waals surface area contributed by atoms with Crippen LogP contribution in [0.5, 0.6) is 0 Å². The number of hydrogen-bond donors (Lipinski definition) is 1. The molecule has 17 heavy (non-hydrogen) atoms. The normalized spacial score (nSPS) is 35.5. The van der Waals surface area contributed by atoms with Crippen LogP contribution in [-0.2, 0) is 28.4 Å². The highest BCUT2D eigenvalue weighted by molar-refractivity contribution is 5.06. The monoisotopic (exact) mass is 248 g/mol. The van der Waals surface area contributed by atoms with Gasteiger partial charge in [-0.2, -0.15) is 0 Å². The van der Waals surface area contributed by atoms with Crippen LogP contribution in [0.15, 0.2) is 12.0 Å². The Morgan fingerprint density at radius 2 is 1.82 bits per heavy atom. The van der Waals surface area contributed by atoms with Crippen molar-refractivity contribution < 1.29 is 33.5 Å². The van der Waals surface area contributed by atoms with Crippen LogP contribution in [-0.4, -0.2) is 57.5 Å². The Kier molecular flexibility index (Phi) is 4.19. The first-order valence-corrected chi connectivity index (χ1v) is 5.20. The second-order valence-electron chi connectivity index (χ2n) is 3.67. The molecule has 1 saturated heterocycles. The summed E-state index contributed by atoms with van der Waals surface area (Å²) in [6.45, 7) is 0.201. The molecular formula is C10H16O7. The number of rotatable bonds is 6. The topological polar surface area (TPSA) is 75.6 Å². The number of aliphatic hydroxyl groups excluding tert-OH is 1. The predicted molar refractivity (Wildman–Crippen MR) is 54.0 cm³/mol. The summed E-state index contributed by atoms with van der Waals surface area (Å²) in [5, 5.41) is 9.36. The van der Waals surface area contributed by atoms with E-state index < -0.39 is 24.6 Å². The first-order valence-electron chi connectivity index (χ1n) is 5.20. The van der Waals surface area contributed by atoms with Gasteiger partial charge in [-0.1, -0.05) is 0 Å². The van der Waals surface area contributed by atoms with Gasteiger partial charge < -0.3 is 33.5 Å². The summed E-state index contributed by atoms with van der Waals surface area (Å²) >= 11 is 0. The van der Waals surface area contributed by atoms with Crippen LogP contribution in [0.2, 0.25) is 0 Å². The van der Waals surface area contributed by atoms with Crippen molar-refractivity contribution in [1.29, 1.82) is 0 Å². The molecule has 7 nitrogen and oxygen atoms in total. The van der Waals surface area contributed by atoms with E-state index in [-0.39, 0.29) is 19.5 Å². The third kappa shape index (κ3) is 2.70. The number of fused-ring (bicyclic) bond motifs is 2. The maximum Gasteiger partial charge on any atom is 0.277 e. The van der Waals surface area contributed by atoms with Gasteiger partial charge in [-0.05, 0) is 0 Å². The zero-order chi connectivity index (χ0) is 12.3. The van der Waals surface area contributed by atoms with Crippen LogP contribution in [0.3, 0.4) is 0 Å². The van der Waals surface area contributed by atoms with E-state index in [4.69, 9.17) is 28.4 Å². The minimum atomic E-state index is -0.693. The highest BCUT2D eigenvalue weighted by atomic mass is 16.8. The molecule has 0 unspecified atom stereocenters. The van der Waals surface area contributed by atoms with Crippen molar-refractivity contribution in [2.75, 3.05) is 27.8 Å². The largest absolute Gasteiger partial charge is 0.481 e. The number of ether oxygens (including phenoxy) is 6. The average molecular weight is 248 g/mol. The molecule has 4 atom stereocenters. The fourth-order valence-electron chi connectivity index (χ4n) is 1.84. The van der Waals surface area contributed by atoms with Gasteiger partial charge in [0.2, 0.25) is 6.29 Å². The van der Waals surface area contributed by atoms with Crippen LogP contribution in [0.4, 0.5) is 0 Å². The Balaban J connectivity index is 2.02. The lowest BCUT2D eigenvalue weighted by molar-refractivity contribution is -0.203. The molecule has 1 fully saturated rings. The average Bonchev–Trinajstić information content (AvgIpc) is 2.55. The van der Waals surface area contributed by atoms with Crippen molar-refractivity contribution in [3.05, 3.63) is 12.0 Å². The van der Waals surface area contributed by atoms with Crippen molar-refractivity contribution in [3.63, 3.8) is 0 Å². The minimum Gasteiger partial charge on any atom is -0.481 e. The van der Waals surface area contributed by atoms with Crippen LogP contribution >= 0.6 is 0 Å². The van der Waals surface area contributed by atoms with Gasteiger partial charge >= 0.3 is 0 Å². The molecular weight excluding hydrogens is 232 g/mol. The number of methoxy groups -OCH3 is 2. The van der Waals surface area contributed by atoms with Gasteiger partial charge in [0.25, 0.3) is 5.95 Å². The summed E-state index contributed by atoms with van der Waals surface area (Å²) < 4.78 is 31.1. The zero-order valence-corrected chi connectivity index (χ0v) is 9.70. The summed E-state index contributed by atoms with van der Waals surface area (Å²) in [5.41, 5.74) is 0. The Morgan fingerprint density at radius 3 is 2.47 bits per heavy atom. The summed E-state index contributed by atoms with van der Waals surface area (Å²) in [7, 11) is 3.04. The van der Waals surface area contributed by atoms with Crippen molar-refractivity contribution >= 4 is 0 Å². The van der Waals surface area contributed by atoms with Gasteiger partial charge in [0.05, 0.1) is 0 Å². The third-order valence-corrected chi connectivity index (χ3v) is 2.51. The molecule has 0 aromatic rings. The predicted octanol–water partition coefficient (Wildman–Crippen LogP) is 0.119. The first-order chi connectivity index (χ1) is 8.26. The SMILES string of the molecule is COCO[C@@H]1[C@@H]2OC(O)=C[C@@H](O2)[C@H]1OCOC. The lowest BCUT2D eigenvalue weighted by Crippen LogP contribution is -2.37. The standard InChI is InChI=1S/C10H16O7/c1-12-4-14-8-6-3-7(11)17-10(16-6)9(8)15-5-13-2/h3,6,8-11H,4-5H2,1-2H3/t6-,8-,9+,10+/m1/s1. The Morgan fingerprint density at radius 1 is 1.18 bits per heavy atom. The molecule has 0 spiro atoms. The van der Waals surface area contributed by atoms with E-state index in [2.05, 4.69) is 0 Å². The Hall–Kier alpha value is -0.860. The maximum atomic E-state index is 9.36. The first kappa shape index (κ1) is 12.6. The molecule has 2 bridgehead atoms. The molecule has 0 aromatic carbocycles. The summed E-state index contributed by atoms with van der Waals surface area (Å²) in [6, 6.07) is 0. The minimum absolute atomic E-state index is 0.0915. The maximum absolute atomic E-state index is 9.36. The second kappa shape index (κ2) is 5.65. The molecule has 0 amide bonds. The molecule has 98 valence electrons. The van der Waals surface area contributed by atoms with E-state index in [1.807, 2.05) is 0 Å². The van der Waals surface area contributed by atoms with E-state index in [1.165, 1.54) is 20.3 Å². The van der Waals surface area contributed by atoms with Gasteiger partial charge in [0.15, 0.2) is 6.10 Å². The number of aliphatic hydroxyl groups is 1. The molecule has 2 aliphatic rings. The zero-order valence-electron chi connectivity index (χ0n) is 9.70. The lowest BCUT2D eigenvalue weighted by atomic mass is 10.1. The van der Waals surface area contributed by atoms with Crippen molar-refractivity contribution in [3.8, 4) is 0 Å². The van der Waals surface area contributed by atoms with Gasteiger partial charge in [0, 0.05) is 20.3 Å². The molecule has 2 aliphatic heterocycles. The van der Waals surface area contributed by atoms with Crippen LogP contribution in [0, 0.1) is 0 Å². The van der Waals surface area contributed by atoms with Crippen molar-refractivity contribution in [2.45, 2.75) is 24.6 Å². The fraction of sp³-hybridized carbons (Fsp3) is 0.800. The summed E-state index contributed by atoms with van der Waals surface area (Å²) in [5.74, 6) is -0.180. The highest BCUT2D eigenvalue weighted by Crippen LogP contribution is 2.33. The van der Waals surface area contributed by atoms with E-state index in [9.17, 15) is 5.11 Å². The quantitative estimate of drug-likeness (QED) is 0.669. The van der Waals surface area contributed by atoms with Crippen LogP contribution in [0.25, 0.3) is 0 Å². The Labute approximate surface area is 98.8 Å². The van der Waals surface area contributed by atoms with E-state index in [0.29, 0.717) is 0 Å². The van der Waals surface area contributed by atoms with Gasteiger partial charge in [-0.3, -0.25) is 0 Å². The molecule has 0 aromatic heterocycles. The fourth-order valence-corrected chi connectivity index (χ4v) is 1.84. The molecule has 7 heteroatoms. The molecule has 1 N–H and O–H groups in total. The van der Waals surface area contributed by atoms with Crippen LogP contribution in [0.1, 0.15) is 0 Å². The smallest absolute Gasteiger partial charge is 0.277 e. The molecule has 0 saturated carbocycles. The Bertz CT molecular complexity index is 280. The third-order valence-electron chi connectivity index (χ3n) is 2.51.